The molecule has 1 aliphatic heterocycles. The van der Waals surface area contributed by atoms with Crippen molar-refractivity contribution in [1.29, 1.82) is 0 Å². The fourth-order valence-corrected chi connectivity index (χ4v) is 4.20. The van der Waals surface area contributed by atoms with E-state index in [1.165, 1.54) is 0 Å². The smallest absolute Gasteiger partial charge is 0.288 e. The van der Waals surface area contributed by atoms with E-state index in [1.807, 2.05) is 35.2 Å². The van der Waals surface area contributed by atoms with Crippen molar-refractivity contribution in [3.63, 3.8) is 0 Å². The van der Waals surface area contributed by atoms with Crippen LogP contribution >= 0.6 is 11.8 Å². The molecule has 1 fully saturated rings. The third-order valence-electron chi connectivity index (χ3n) is 5.26. The number of amides is 2. The Morgan fingerprint density at radius 3 is 2.52 bits per heavy atom. The standard InChI is InChI=1S/C25H23F2N3O2S/c26-25(27)33-20-12-10-18(11-13-20)28-22-8-2-1-7-21(22)24(32)29-19-6-3-5-17(15-19)16-30-14-4-9-23(30)31/h1-3,5-8,10-13,15,25,28H,4,9,14,16H2,(H,29,32). The van der Waals surface area contributed by atoms with Crippen molar-refractivity contribution in [2.24, 2.45) is 0 Å². The van der Waals surface area contributed by atoms with Crippen LogP contribution < -0.4 is 10.6 Å². The van der Waals surface area contributed by atoms with E-state index in [0.717, 1.165) is 18.5 Å². The molecule has 3 aromatic carbocycles. The number of carbonyl (C=O) groups excluding carboxylic acids is 2. The number of para-hydroxylation sites is 1. The Hall–Kier alpha value is -3.39. The van der Waals surface area contributed by atoms with Crippen molar-refractivity contribution < 1.29 is 18.4 Å². The maximum Gasteiger partial charge on any atom is 0.288 e. The van der Waals surface area contributed by atoms with Crippen LogP contribution in [0, 0.1) is 0 Å². The van der Waals surface area contributed by atoms with Gasteiger partial charge in [-0.1, -0.05) is 36.0 Å². The molecule has 0 radical (unpaired) electrons. The highest BCUT2D eigenvalue weighted by Gasteiger charge is 2.20. The minimum absolute atomic E-state index is 0.158. The van der Waals surface area contributed by atoms with Gasteiger partial charge in [0.05, 0.1) is 11.3 Å². The Kier molecular flexibility index (Phi) is 7.24. The number of nitrogens with one attached hydrogen (secondary N) is 2. The first kappa shape index (κ1) is 22.8. The van der Waals surface area contributed by atoms with Gasteiger partial charge >= 0.3 is 0 Å². The fraction of sp³-hybridized carbons (Fsp3) is 0.200. The van der Waals surface area contributed by atoms with E-state index in [2.05, 4.69) is 10.6 Å². The predicted octanol–water partition coefficient (Wildman–Crippen LogP) is 6.12. The highest BCUT2D eigenvalue weighted by atomic mass is 32.2. The van der Waals surface area contributed by atoms with E-state index in [9.17, 15) is 18.4 Å². The second-order valence-corrected chi connectivity index (χ2v) is 8.71. The minimum atomic E-state index is -2.47. The lowest BCUT2D eigenvalue weighted by molar-refractivity contribution is -0.128. The first-order valence-electron chi connectivity index (χ1n) is 10.6. The van der Waals surface area contributed by atoms with E-state index in [4.69, 9.17) is 0 Å². The molecule has 5 nitrogen and oxygen atoms in total. The topological polar surface area (TPSA) is 61.4 Å². The minimum Gasteiger partial charge on any atom is -0.355 e. The lowest BCUT2D eigenvalue weighted by Gasteiger charge is -2.16. The van der Waals surface area contributed by atoms with Gasteiger partial charge in [0.25, 0.3) is 11.7 Å². The molecule has 170 valence electrons. The van der Waals surface area contributed by atoms with Crippen LogP contribution in [0.5, 0.6) is 0 Å². The van der Waals surface area contributed by atoms with Gasteiger partial charge in [-0.2, -0.15) is 8.78 Å². The molecule has 0 spiro atoms. The van der Waals surface area contributed by atoms with Crippen LogP contribution in [0.1, 0.15) is 28.8 Å². The maximum absolute atomic E-state index is 13.0. The quantitative estimate of drug-likeness (QED) is 0.392. The lowest BCUT2D eigenvalue weighted by Crippen LogP contribution is -2.23. The van der Waals surface area contributed by atoms with E-state index < -0.39 is 5.76 Å². The van der Waals surface area contributed by atoms with E-state index >= 15 is 0 Å². The highest BCUT2D eigenvalue weighted by molar-refractivity contribution is 7.99. The summed E-state index contributed by atoms with van der Waals surface area (Å²) < 4.78 is 25.0. The van der Waals surface area contributed by atoms with Crippen molar-refractivity contribution in [3.05, 3.63) is 83.9 Å². The molecule has 0 unspecified atom stereocenters. The third-order valence-corrected chi connectivity index (χ3v) is 5.98. The van der Waals surface area contributed by atoms with Gasteiger partial charge in [0.1, 0.15) is 0 Å². The zero-order valence-electron chi connectivity index (χ0n) is 17.8. The van der Waals surface area contributed by atoms with Gasteiger partial charge in [-0.25, -0.2) is 0 Å². The summed E-state index contributed by atoms with van der Waals surface area (Å²) in [4.78, 5) is 27.2. The van der Waals surface area contributed by atoms with E-state index in [0.29, 0.717) is 52.2 Å². The Balaban J connectivity index is 1.45. The second-order valence-electron chi connectivity index (χ2n) is 7.65. The van der Waals surface area contributed by atoms with Gasteiger partial charge in [0.2, 0.25) is 5.91 Å². The van der Waals surface area contributed by atoms with E-state index in [-0.39, 0.29) is 11.8 Å². The van der Waals surface area contributed by atoms with Crippen molar-refractivity contribution in [2.45, 2.75) is 30.0 Å². The monoisotopic (exact) mass is 467 g/mol. The number of alkyl halides is 2. The van der Waals surface area contributed by atoms with Gasteiger partial charge in [-0.05, 0) is 60.5 Å². The van der Waals surface area contributed by atoms with Gasteiger partial charge in [-0.3, -0.25) is 9.59 Å². The molecule has 3 aromatic rings. The normalized spacial score (nSPS) is 13.4. The average molecular weight is 468 g/mol. The first-order valence-corrected chi connectivity index (χ1v) is 11.4. The number of likely N-dealkylation sites (tertiary alicyclic amines) is 1. The molecule has 0 aromatic heterocycles. The number of benzene rings is 3. The molecular formula is C25H23F2N3O2S. The summed E-state index contributed by atoms with van der Waals surface area (Å²) in [5.74, 6) is -2.59. The number of thioether (sulfide) groups is 1. The average Bonchev–Trinajstić information content (AvgIpc) is 3.19. The largest absolute Gasteiger partial charge is 0.355 e. The second kappa shape index (κ2) is 10.5. The summed E-state index contributed by atoms with van der Waals surface area (Å²) in [6, 6.07) is 21.2. The molecule has 33 heavy (non-hydrogen) atoms. The van der Waals surface area contributed by atoms with Gasteiger partial charge < -0.3 is 15.5 Å². The molecule has 2 amide bonds. The molecule has 1 saturated heterocycles. The van der Waals surface area contributed by atoms with Crippen LogP contribution in [0.25, 0.3) is 0 Å². The third kappa shape index (κ3) is 6.10. The molecular weight excluding hydrogens is 444 g/mol. The summed E-state index contributed by atoms with van der Waals surface area (Å²) in [5, 5.41) is 6.11. The Bertz CT molecular complexity index is 1140. The molecule has 0 atom stereocenters. The summed E-state index contributed by atoms with van der Waals surface area (Å²) >= 11 is 0.487. The molecule has 4 rings (SSSR count). The zero-order chi connectivity index (χ0) is 23.2. The van der Waals surface area contributed by atoms with Gasteiger partial charge in [-0.15, -0.1) is 0 Å². The van der Waals surface area contributed by atoms with E-state index in [1.54, 1.807) is 42.5 Å². The van der Waals surface area contributed by atoms with Crippen molar-refractivity contribution in [2.75, 3.05) is 17.2 Å². The number of hydrogen-bond donors (Lipinski definition) is 2. The van der Waals surface area contributed by atoms with Crippen LogP contribution in [0.2, 0.25) is 0 Å². The Morgan fingerprint density at radius 2 is 1.79 bits per heavy atom. The number of anilines is 3. The molecule has 0 bridgehead atoms. The van der Waals surface area contributed by atoms with Crippen LogP contribution in [-0.4, -0.2) is 29.0 Å². The van der Waals surface area contributed by atoms with Crippen molar-refractivity contribution >= 4 is 40.6 Å². The number of rotatable bonds is 8. The van der Waals surface area contributed by atoms with Crippen LogP contribution in [0.15, 0.2) is 77.7 Å². The molecule has 8 heteroatoms. The number of carbonyl (C=O) groups is 2. The molecule has 1 aliphatic rings. The molecule has 2 N–H and O–H groups in total. The zero-order valence-corrected chi connectivity index (χ0v) is 18.6. The summed E-state index contributed by atoms with van der Waals surface area (Å²) in [6.07, 6.45) is 1.47. The van der Waals surface area contributed by atoms with Crippen LogP contribution in [0.4, 0.5) is 25.8 Å². The summed E-state index contributed by atoms with van der Waals surface area (Å²) in [7, 11) is 0. The predicted molar refractivity (Wildman–Crippen MR) is 127 cm³/mol. The summed E-state index contributed by atoms with van der Waals surface area (Å²) in [6.45, 7) is 1.29. The van der Waals surface area contributed by atoms with Gasteiger partial charge in [0, 0.05) is 35.8 Å². The number of hydrogen-bond acceptors (Lipinski definition) is 4. The Morgan fingerprint density at radius 1 is 1.00 bits per heavy atom. The molecule has 0 saturated carbocycles. The maximum atomic E-state index is 13.0. The first-order chi connectivity index (χ1) is 16.0. The van der Waals surface area contributed by atoms with Crippen LogP contribution in [-0.2, 0) is 11.3 Å². The number of nitrogens with zero attached hydrogens (tertiary/aromatic N) is 1. The molecule has 1 heterocycles. The Labute approximate surface area is 195 Å². The number of halogens is 2. The SMILES string of the molecule is O=C(Nc1cccc(CN2CCCC2=O)c1)c1ccccc1Nc1ccc(SC(F)F)cc1. The highest BCUT2D eigenvalue weighted by Crippen LogP contribution is 2.28. The lowest BCUT2D eigenvalue weighted by atomic mass is 10.1. The summed E-state index contributed by atoms with van der Waals surface area (Å²) in [5.41, 5.74) is 3.33. The fourth-order valence-electron chi connectivity index (χ4n) is 3.70. The van der Waals surface area contributed by atoms with Crippen LogP contribution in [0.3, 0.4) is 0 Å². The van der Waals surface area contributed by atoms with Gasteiger partial charge in [0.15, 0.2) is 0 Å². The molecule has 0 aliphatic carbocycles. The van der Waals surface area contributed by atoms with Crippen molar-refractivity contribution in [3.8, 4) is 0 Å². The van der Waals surface area contributed by atoms with Crippen molar-refractivity contribution in [1.82, 2.24) is 4.90 Å².